The number of rotatable bonds is 4. The molecule has 3 rings (SSSR count). The van der Waals surface area contributed by atoms with Crippen LogP contribution in [0.25, 0.3) is 11.1 Å². The first-order chi connectivity index (χ1) is 9.78. The average Bonchev–Trinajstić information content (AvgIpc) is 2.93. The fourth-order valence-corrected chi connectivity index (χ4v) is 2.73. The van der Waals surface area contributed by atoms with Crippen LogP contribution in [0.1, 0.15) is 23.6 Å². The summed E-state index contributed by atoms with van der Waals surface area (Å²) in [4.78, 5) is 0. The van der Waals surface area contributed by atoms with Crippen molar-refractivity contribution < 1.29 is 4.74 Å². The lowest BCUT2D eigenvalue weighted by Crippen LogP contribution is -2.12. The van der Waals surface area contributed by atoms with E-state index in [1.54, 1.807) is 0 Å². The summed E-state index contributed by atoms with van der Waals surface area (Å²) >= 11 is 0. The second-order valence-corrected chi connectivity index (χ2v) is 5.36. The summed E-state index contributed by atoms with van der Waals surface area (Å²) in [5.74, 6) is 1.05. The summed E-state index contributed by atoms with van der Waals surface area (Å²) in [5.41, 5.74) is 6.62. The number of hydrogen-bond donors (Lipinski definition) is 1. The van der Waals surface area contributed by atoms with E-state index in [-0.39, 0.29) is 0 Å². The smallest absolute Gasteiger partial charge is 0.122 e. The lowest BCUT2D eigenvalue weighted by molar-refractivity contribution is 0.357. The quantitative estimate of drug-likeness (QED) is 0.912. The Bertz CT molecular complexity index is 619. The first kappa shape index (κ1) is 13.2. The maximum absolute atomic E-state index is 5.60. The van der Waals surface area contributed by atoms with E-state index < -0.39 is 0 Å². The molecular formula is C18H21NO. The fourth-order valence-electron chi connectivity index (χ4n) is 2.73. The van der Waals surface area contributed by atoms with Crippen molar-refractivity contribution in [1.29, 1.82) is 0 Å². The number of aryl methyl sites for hydroxylation is 1. The van der Waals surface area contributed by atoms with Crippen molar-refractivity contribution >= 4 is 0 Å². The molecule has 0 aliphatic carbocycles. The lowest BCUT2D eigenvalue weighted by Gasteiger charge is -2.12. The third kappa shape index (κ3) is 2.56. The van der Waals surface area contributed by atoms with Gasteiger partial charge in [-0.1, -0.05) is 36.8 Å². The molecule has 1 aliphatic rings. The summed E-state index contributed by atoms with van der Waals surface area (Å²) in [6, 6.07) is 13.3. The molecule has 0 unspecified atom stereocenters. The van der Waals surface area contributed by atoms with E-state index in [2.05, 4.69) is 55.6 Å². The van der Waals surface area contributed by atoms with E-state index >= 15 is 0 Å². The summed E-state index contributed by atoms with van der Waals surface area (Å²) in [5, 5.41) is 3.42. The molecule has 0 radical (unpaired) electrons. The van der Waals surface area contributed by atoms with Crippen LogP contribution in [0.3, 0.4) is 0 Å². The van der Waals surface area contributed by atoms with Gasteiger partial charge in [-0.2, -0.15) is 0 Å². The van der Waals surface area contributed by atoms with E-state index in [9.17, 15) is 0 Å². The van der Waals surface area contributed by atoms with Gasteiger partial charge in [-0.25, -0.2) is 0 Å². The van der Waals surface area contributed by atoms with Gasteiger partial charge in [0.15, 0.2) is 0 Å². The SMILES string of the molecule is CCNCc1ccc(C)cc1-c1ccc2c(c1)CCO2. The van der Waals surface area contributed by atoms with E-state index in [0.717, 1.165) is 31.9 Å². The average molecular weight is 267 g/mol. The zero-order chi connectivity index (χ0) is 13.9. The van der Waals surface area contributed by atoms with Gasteiger partial charge in [-0.3, -0.25) is 0 Å². The van der Waals surface area contributed by atoms with E-state index in [1.807, 2.05) is 0 Å². The Balaban J connectivity index is 2.01. The number of fused-ring (bicyclic) bond motifs is 1. The molecule has 0 spiro atoms. The van der Waals surface area contributed by atoms with Gasteiger partial charge >= 0.3 is 0 Å². The third-order valence-electron chi connectivity index (χ3n) is 3.83. The predicted molar refractivity (Wildman–Crippen MR) is 83.2 cm³/mol. The molecule has 1 heterocycles. The molecule has 2 aromatic carbocycles. The molecule has 0 amide bonds. The Morgan fingerprint density at radius 1 is 1.15 bits per heavy atom. The van der Waals surface area contributed by atoms with Crippen molar-refractivity contribution in [2.75, 3.05) is 13.2 Å². The van der Waals surface area contributed by atoms with E-state index in [0.29, 0.717) is 0 Å². The Hall–Kier alpha value is -1.80. The normalized spacial score (nSPS) is 13.1. The minimum atomic E-state index is 0.816. The zero-order valence-corrected chi connectivity index (χ0v) is 12.2. The molecule has 0 saturated carbocycles. The Morgan fingerprint density at radius 2 is 2.05 bits per heavy atom. The minimum absolute atomic E-state index is 0.816. The fraction of sp³-hybridized carbons (Fsp3) is 0.333. The highest BCUT2D eigenvalue weighted by molar-refractivity contribution is 5.70. The standard InChI is InChI=1S/C18H21NO/c1-3-19-12-16-5-4-13(2)10-17(16)14-6-7-18-15(11-14)8-9-20-18/h4-7,10-11,19H,3,8-9,12H2,1-2H3. The largest absolute Gasteiger partial charge is 0.493 e. The topological polar surface area (TPSA) is 21.3 Å². The number of ether oxygens (including phenoxy) is 1. The number of hydrogen-bond acceptors (Lipinski definition) is 2. The maximum Gasteiger partial charge on any atom is 0.122 e. The van der Waals surface area contributed by atoms with Crippen LogP contribution in [-0.2, 0) is 13.0 Å². The summed E-state index contributed by atoms with van der Waals surface area (Å²) in [6.07, 6.45) is 1.03. The van der Waals surface area contributed by atoms with Crippen LogP contribution in [0.4, 0.5) is 0 Å². The van der Waals surface area contributed by atoms with Gasteiger partial charge in [0.05, 0.1) is 6.61 Å². The van der Waals surface area contributed by atoms with Crippen LogP contribution < -0.4 is 10.1 Å². The predicted octanol–water partition coefficient (Wildman–Crippen LogP) is 3.71. The van der Waals surface area contributed by atoms with E-state index in [4.69, 9.17) is 4.74 Å². The molecule has 104 valence electrons. The highest BCUT2D eigenvalue weighted by Gasteiger charge is 2.14. The van der Waals surface area contributed by atoms with Crippen LogP contribution in [0.15, 0.2) is 36.4 Å². The summed E-state index contributed by atoms with van der Waals surface area (Å²) in [7, 11) is 0. The Labute approximate surface area is 120 Å². The minimum Gasteiger partial charge on any atom is -0.493 e. The van der Waals surface area contributed by atoms with Gasteiger partial charge in [-0.15, -0.1) is 0 Å². The maximum atomic E-state index is 5.60. The number of nitrogens with one attached hydrogen (secondary N) is 1. The van der Waals surface area contributed by atoms with Gasteiger partial charge in [0.25, 0.3) is 0 Å². The molecule has 0 aromatic heterocycles. The Morgan fingerprint density at radius 3 is 2.90 bits per heavy atom. The van der Waals surface area contributed by atoms with Crippen LogP contribution in [-0.4, -0.2) is 13.2 Å². The summed E-state index contributed by atoms with van der Waals surface area (Å²) < 4.78 is 5.60. The highest BCUT2D eigenvalue weighted by atomic mass is 16.5. The van der Waals surface area contributed by atoms with E-state index in [1.165, 1.54) is 27.8 Å². The first-order valence-corrected chi connectivity index (χ1v) is 7.34. The first-order valence-electron chi connectivity index (χ1n) is 7.34. The molecule has 2 heteroatoms. The Kier molecular flexibility index (Phi) is 3.75. The molecular weight excluding hydrogens is 246 g/mol. The molecule has 0 atom stereocenters. The molecule has 20 heavy (non-hydrogen) atoms. The lowest BCUT2D eigenvalue weighted by atomic mass is 9.95. The highest BCUT2D eigenvalue weighted by Crippen LogP contribution is 2.32. The molecule has 0 bridgehead atoms. The second-order valence-electron chi connectivity index (χ2n) is 5.36. The molecule has 0 fully saturated rings. The third-order valence-corrected chi connectivity index (χ3v) is 3.83. The van der Waals surface area contributed by atoms with Crippen molar-refractivity contribution in [2.24, 2.45) is 0 Å². The molecule has 2 nitrogen and oxygen atoms in total. The summed E-state index contributed by atoms with van der Waals surface area (Å²) in [6.45, 7) is 7.01. The van der Waals surface area contributed by atoms with Gasteiger partial charge < -0.3 is 10.1 Å². The van der Waals surface area contributed by atoms with Gasteiger partial charge in [0.1, 0.15) is 5.75 Å². The van der Waals surface area contributed by atoms with Crippen LogP contribution in [0.2, 0.25) is 0 Å². The van der Waals surface area contributed by atoms with Gasteiger partial charge in [0.2, 0.25) is 0 Å². The molecule has 0 saturated heterocycles. The van der Waals surface area contributed by atoms with Crippen molar-refractivity contribution in [1.82, 2.24) is 5.32 Å². The molecule has 1 N–H and O–H groups in total. The second kappa shape index (κ2) is 5.68. The van der Waals surface area contributed by atoms with Gasteiger partial charge in [0, 0.05) is 13.0 Å². The van der Waals surface area contributed by atoms with Crippen LogP contribution >= 0.6 is 0 Å². The molecule has 2 aromatic rings. The van der Waals surface area contributed by atoms with Gasteiger partial charge in [-0.05, 0) is 47.9 Å². The van der Waals surface area contributed by atoms with Crippen LogP contribution in [0, 0.1) is 6.92 Å². The van der Waals surface area contributed by atoms with Crippen molar-refractivity contribution in [3.63, 3.8) is 0 Å². The zero-order valence-electron chi connectivity index (χ0n) is 12.2. The van der Waals surface area contributed by atoms with Crippen LogP contribution in [0.5, 0.6) is 5.75 Å². The number of benzene rings is 2. The molecule has 1 aliphatic heterocycles. The van der Waals surface area contributed by atoms with Crippen molar-refractivity contribution in [2.45, 2.75) is 26.8 Å². The van der Waals surface area contributed by atoms with Crippen molar-refractivity contribution in [3.8, 4) is 16.9 Å². The van der Waals surface area contributed by atoms with Crippen molar-refractivity contribution in [3.05, 3.63) is 53.1 Å². The monoisotopic (exact) mass is 267 g/mol.